The van der Waals surface area contributed by atoms with Crippen LogP contribution in [0.5, 0.6) is 0 Å². The Bertz CT molecular complexity index is 202. The SMILES string of the molecule is CC(C)OCCCCOCCOCC(=O)C(C)C. The number of carbonyl (C=O) groups excluding carboxylic acids is 1. The molecule has 0 atom stereocenters. The lowest BCUT2D eigenvalue weighted by Gasteiger charge is -2.08. The third kappa shape index (κ3) is 12.0. The van der Waals surface area contributed by atoms with E-state index in [0.717, 1.165) is 26.1 Å². The third-order valence-corrected chi connectivity index (χ3v) is 2.39. The average Bonchev–Trinajstić information content (AvgIpc) is 2.30. The van der Waals surface area contributed by atoms with Gasteiger partial charge in [-0.05, 0) is 26.7 Å². The Hall–Kier alpha value is -0.450. The molecular weight excluding hydrogens is 232 g/mol. The molecule has 0 unspecified atom stereocenters. The van der Waals surface area contributed by atoms with E-state index in [4.69, 9.17) is 14.2 Å². The molecule has 0 rings (SSSR count). The summed E-state index contributed by atoms with van der Waals surface area (Å²) in [6.07, 6.45) is 2.32. The van der Waals surface area contributed by atoms with Crippen LogP contribution in [0.2, 0.25) is 0 Å². The summed E-state index contributed by atoms with van der Waals surface area (Å²) in [6.45, 7) is 10.6. The second-order valence-electron chi connectivity index (χ2n) is 4.91. The Labute approximate surface area is 111 Å². The Morgan fingerprint density at radius 2 is 1.50 bits per heavy atom. The highest BCUT2D eigenvalue weighted by Crippen LogP contribution is 1.96. The van der Waals surface area contributed by atoms with E-state index in [1.54, 1.807) is 0 Å². The van der Waals surface area contributed by atoms with E-state index in [-0.39, 0.29) is 18.3 Å². The fraction of sp³-hybridized carbons (Fsp3) is 0.929. The van der Waals surface area contributed by atoms with Gasteiger partial charge in [0.2, 0.25) is 0 Å². The Morgan fingerprint density at radius 3 is 2.11 bits per heavy atom. The highest BCUT2D eigenvalue weighted by molar-refractivity contribution is 5.81. The summed E-state index contributed by atoms with van der Waals surface area (Å²) in [7, 11) is 0. The van der Waals surface area contributed by atoms with Crippen molar-refractivity contribution >= 4 is 5.78 Å². The maximum atomic E-state index is 11.2. The lowest BCUT2D eigenvalue weighted by Crippen LogP contribution is -2.17. The van der Waals surface area contributed by atoms with Crippen LogP contribution in [0, 0.1) is 5.92 Å². The van der Waals surface area contributed by atoms with Gasteiger partial charge in [-0.3, -0.25) is 4.79 Å². The van der Waals surface area contributed by atoms with Crippen molar-refractivity contribution in [1.82, 2.24) is 0 Å². The fourth-order valence-corrected chi connectivity index (χ4v) is 1.18. The van der Waals surface area contributed by atoms with Gasteiger partial charge in [-0.25, -0.2) is 0 Å². The van der Waals surface area contributed by atoms with Crippen LogP contribution in [0.4, 0.5) is 0 Å². The average molecular weight is 260 g/mol. The van der Waals surface area contributed by atoms with Gasteiger partial charge in [0, 0.05) is 19.1 Å². The first-order valence-corrected chi connectivity index (χ1v) is 6.83. The summed E-state index contributed by atoms with van der Waals surface area (Å²) in [5.74, 6) is 0.188. The van der Waals surface area contributed by atoms with Gasteiger partial charge >= 0.3 is 0 Å². The van der Waals surface area contributed by atoms with Gasteiger partial charge in [0.05, 0.1) is 19.3 Å². The number of Topliss-reactive ketones (excluding diaryl/α,β-unsaturated/α-hetero) is 1. The maximum Gasteiger partial charge on any atom is 0.160 e. The molecule has 0 aliphatic carbocycles. The van der Waals surface area contributed by atoms with Crippen LogP contribution < -0.4 is 0 Å². The van der Waals surface area contributed by atoms with Gasteiger partial charge in [0.25, 0.3) is 0 Å². The smallest absolute Gasteiger partial charge is 0.160 e. The minimum Gasteiger partial charge on any atom is -0.379 e. The molecule has 0 heterocycles. The first-order chi connectivity index (χ1) is 8.54. The van der Waals surface area contributed by atoms with Crippen molar-refractivity contribution in [2.24, 2.45) is 5.92 Å². The molecule has 0 saturated carbocycles. The molecule has 0 aromatic carbocycles. The molecule has 0 N–H and O–H groups in total. The molecule has 0 bridgehead atoms. The molecule has 0 fully saturated rings. The molecule has 108 valence electrons. The molecule has 0 saturated heterocycles. The third-order valence-electron chi connectivity index (χ3n) is 2.39. The van der Waals surface area contributed by atoms with Gasteiger partial charge in [-0.1, -0.05) is 13.8 Å². The van der Waals surface area contributed by atoms with Crippen molar-refractivity contribution in [1.29, 1.82) is 0 Å². The number of ketones is 1. The second-order valence-corrected chi connectivity index (χ2v) is 4.91. The van der Waals surface area contributed by atoms with Crippen molar-refractivity contribution in [2.45, 2.75) is 46.6 Å². The predicted octanol–water partition coefficient (Wildman–Crippen LogP) is 2.45. The van der Waals surface area contributed by atoms with E-state index in [9.17, 15) is 4.79 Å². The van der Waals surface area contributed by atoms with Crippen molar-refractivity contribution in [3.8, 4) is 0 Å². The van der Waals surface area contributed by atoms with Gasteiger partial charge in [-0.2, -0.15) is 0 Å². The van der Waals surface area contributed by atoms with E-state index in [0.29, 0.717) is 19.3 Å². The van der Waals surface area contributed by atoms with E-state index in [1.165, 1.54) is 0 Å². The summed E-state index contributed by atoms with van der Waals surface area (Å²) in [5, 5.41) is 0. The molecule has 0 spiro atoms. The van der Waals surface area contributed by atoms with Crippen molar-refractivity contribution in [3.63, 3.8) is 0 Å². The minimum atomic E-state index is 0.0480. The first kappa shape index (κ1) is 17.6. The Morgan fingerprint density at radius 1 is 0.889 bits per heavy atom. The van der Waals surface area contributed by atoms with Crippen LogP contribution in [-0.4, -0.2) is 44.9 Å². The van der Waals surface area contributed by atoms with Crippen LogP contribution in [0.1, 0.15) is 40.5 Å². The Balaban J connectivity index is 3.10. The zero-order valence-electron chi connectivity index (χ0n) is 12.2. The predicted molar refractivity (Wildman–Crippen MR) is 71.8 cm³/mol. The van der Waals surface area contributed by atoms with Gasteiger partial charge < -0.3 is 14.2 Å². The van der Waals surface area contributed by atoms with E-state index in [2.05, 4.69) is 0 Å². The number of carbonyl (C=O) groups is 1. The summed E-state index contributed by atoms with van der Waals surface area (Å²) in [6, 6.07) is 0. The van der Waals surface area contributed by atoms with Crippen LogP contribution >= 0.6 is 0 Å². The van der Waals surface area contributed by atoms with Crippen LogP contribution in [-0.2, 0) is 19.0 Å². The normalized spacial score (nSPS) is 11.4. The summed E-state index contributed by atoms with van der Waals surface area (Å²) in [5.41, 5.74) is 0. The molecule has 0 radical (unpaired) electrons. The number of hydrogen-bond donors (Lipinski definition) is 0. The van der Waals surface area contributed by atoms with Gasteiger partial charge in [-0.15, -0.1) is 0 Å². The number of hydrogen-bond acceptors (Lipinski definition) is 4. The monoisotopic (exact) mass is 260 g/mol. The molecular formula is C14H28O4. The summed E-state index contributed by atoms with van der Waals surface area (Å²) in [4.78, 5) is 11.2. The molecule has 0 aromatic rings. The highest BCUT2D eigenvalue weighted by atomic mass is 16.5. The lowest BCUT2D eigenvalue weighted by atomic mass is 10.1. The van der Waals surface area contributed by atoms with Crippen molar-refractivity contribution in [2.75, 3.05) is 33.0 Å². The van der Waals surface area contributed by atoms with Crippen LogP contribution in [0.3, 0.4) is 0 Å². The van der Waals surface area contributed by atoms with E-state index < -0.39 is 0 Å². The number of ether oxygens (including phenoxy) is 3. The van der Waals surface area contributed by atoms with Crippen molar-refractivity contribution in [3.05, 3.63) is 0 Å². The highest BCUT2D eigenvalue weighted by Gasteiger charge is 2.06. The molecule has 0 amide bonds. The molecule has 4 nitrogen and oxygen atoms in total. The molecule has 4 heteroatoms. The fourth-order valence-electron chi connectivity index (χ4n) is 1.18. The second kappa shape index (κ2) is 11.6. The molecule has 0 aromatic heterocycles. The summed E-state index contributed by atoms with van der Waals surface area (Å²) < 4.78 is 16.0. The topological polar surface area (TPSA) is 44.8 Å². The minimum absolute atomic E-state index is 0.0480. The zero-order chi connectivity index (χ0) is 13.8. The van der Waals surface area contributed by atoms with Crippen LogP contribution in [0.15, 0.2) is 0 Å². The maximum absolute atomic E-state index is 11.2. The van der Waals surface area contributed by atoms with Gasteiger partial charge in [0.15, 0.2) is 5.78 Å². The number of rotatable bonds is 12. The van der Waals surface area contributed by atoms with E-state index >= 15 is 0 Å². The summed E-state index contributed by atoms with van der Waals surface area (Å²) >= 11 is 0. The van der Waals surface area contributed by atoms with Gasteiger partial charge in [0.1, 0.15) is 6.61 Å². The lowest BCUT2D eigenvalue weighted by molar-refractivity contribution is -0.127. The molecule has 18 heavy (non-hydrogen) atoms. The first-order valence-electron chi connectivity index (χ1n) is 6.83. The quantitative estimate of drug-likeness (QED) is 0.506. The Kier molecular flexibility index (Phi) is 11.3. The largest absolute Gasteiger partial charge is 0.379 e. The molecule has 0 aliphatic rings. The standard InChI is InChI=1S/C14H28O4/c1-12(2)14(15)11-17-10-9-16-7-5-6-8-18-13(3)4/h12-13H,5-11H2,1-4H3. The van der Waals surface area contributed by atoms with E-state index in [1.807, 2.05) is 27.7 Å². The van der Waals surface area contributed by atoms with Crippen LogP contribution in [0.25, 0.3) is 0 Å². The molecule has 0 aliphatic heterocycles. The van der Waals surface area contributed by atoms with Crippen molar-refractivity contribution < 1.29 is 19.0 Å². The number of unbranched alkanes of at least 4 members (excludes halogenated alkanes) is 1. The zero-order valence-corrected chi connectivity index (χ0v) is 12.2.